The van der Waals surface area contributed by atoms with E-state index in [1.54, 1.807) is 18.2 Å². The molecule has 0 unspecified atom stereocenters. The Kier molecular flexibility index (Phi) is 6.44. The van der Waals surface area contributed by atoms with Crippen molar-refractivity contribution in [2.75, 3.05) is 32.8 Å². The van der Waals surface area contributed by atoms with Gasteiger partial charge >= 0.3 is 0 Å². The van der Waals surface area contributed by atoms with Gasteiger partial charge in [0.2, 0.25) is 10.0 Å². The number of ether oxygens (including phenoxy) is 1. The van der Waals surface area contributed by atoms with Crippen molar-refractivity contribution in [2.45, 2.75) is 4.90 Å². The van der Waals surface area contributed by atoms with Crippen LogP contribution in [0, 0.1) is 5.82 Å². The molecule has 0 saturated carbocycles. The SMILES string of the molecule is O=C(COc1cccc(Cl)c1Cl)N1CCN(S(=O)(=O)c2cccc(F)c2)CC1. The minimum absolute atomic E-state index is 0.105. The van der Waals surface area contributed by atoms with Gasteiger partial charge in [0.05, 0.1) is 9.92 Å². The van der Waals surface area contributed by atoms with Crippen molar-refractivity contribution in [3.05, 3.63) is 58.3 Å². The maximum atomic E-state index is 13.3. The second-order valence-electron chi connectivity index (χ2n) is 6.08. The molecular formula is C18H17Cl2FN2O4S. The summed E-state index contributed by atoms with van der Waals surface area (Å²) in [4.78, 5) is 13.8. The Hall–Kier alpha value is -1.87. The van der Waals surface area contributed by atoms with Gasteiger partial charge in [-0.15, -0.1) is 0 Å². The highest BCUT2D eigenvalue weighted by atomic mass is 35.5. The summed E-state index contributed by atoms with van der Waals surface area (Å²) in [5.41, 5.74) is 0. The minimum Gasteiger partial charge on any atom is -0.482 e. The number of hydrogen-bond acceptors (Lipinski definition) is 4. The number of nitrogens with zero attached hydrogens (tertiary/aromatic N) is 2. The Labute approximate surface area is 172 Å². The average Bonchev–Trinajstić information content (AvgIpc) is 2.69. The molecule has 0 radical (unpaired) electrons. The van der Waals surface area contributed by atoms with Crippen LogP contribution in [0.15, 0.2) is 47.4 Å². The van der Waals surface area contributed by atoms with Gasteiger partial charge in [-0.3, -0.25) is 4.79 Å². The van der Waals surface area contributed by atoms with Crippen LogP contribution < -0.4 is 4.74 Å². The summed E-state index contributed by atoms with van der Waals surface area (Å²) in [6.45, 7) is 0.405. The highest BCUT2D eigenvalue weighted by Crippen LogP contribution is 2.31. The summed E-state index contributed by atoms with van der Waals surface area (Å²) in [5, 5.41) is 0.547. The predicted molar refractivity (Wildman–Crippen MR) is 104 cm³/mol. The quantitative estimate of drug-likeness (QED) is 0.707. The Bertz CT molecular complexity index is 979. The van der Waals surface area contributed by atoms with E-state index in [1.807, 2.05) is 0 Å². The third kappa shape index (κ3) is 4.57. The molecule has 28 heavy (non-hydrogen) atoms. The molecule has 10 heteroatoms. The third-order valence-electron chi connectivity index (χ3n) is 4.29. The monoisotopic (exact) mass is 446 g/mol. The predicted octanol–water partition coefficient (Wildman–Crippen LogP) is 3.04. The molecular weight excluding hydrogens is 430 g/mol. The van der Waals surface area contributed by atoms with Crippen LogP contribution in [0.1, 0.15) is 0 Å². The minimum atomic E-state index is -3.81. The molecule has 6 nitrogen and oxygen atoms in total. The van der Waals surface area contributed by atoms with Gasteiger partial charge in [-0.1, -0.05) is 35.3 Å². The van der Waals surface area contributed by atoms with E-state index in [0.717, 1.165) is 6.07 Å². The summed E-state index contributed by atoms with van der Waals surface area (Å²) in [6, 6.07) is 9.72. The molecule has 150 valence electrons. The van der Waals surface area contributed by atoms with Gasteiger partial charge in [0, 0.05) is 26.2 Å². The van der Waals surface area contributed by atoms with E-state index >= 15 is 0 Å². The fourth-order valence-electron chi connectivity index (χ4n) is 2.78. The van der Waals surface area contributed by atoms with Crippen molar-refractivity contribution in [1.29, 1.82) is 0 Å². The fourth-order valence-corrected chi connectivity index (χ4v) is 4.58. The number of carbonyl (C=O) groups excluding carboxylic acids is 1. The Balaban J connectivity index is 1.57. The number of rotatable bonds is 5. The average molecular weight is 447 g/mol. The van der Waals surface area contributed by atoms with E-state index in [1.165, 1.54) is 27.4 Å². The zero-order valence-corrected chi connectivity index (χ0v) is 17.0. The first-order valence-corrected chi connectivity index (χ1v) is 10.6. The van der Waals surface area contributed by atoms with Crippen molar-refractivity contribution in [3.8, 4) is 5.75 Å². The lowest BCUT2D eigenvalue weighted by Gasteiger charge is -2.34. The van der Waals surface area contributed by atoms with E-state index in [9.17, 15) is 17.6 Å². The Morgan fingerprint density at radius 1 is 1.07 bits per heavy atom. The van der Waals surface area contributed by atoms with E-state index in [0.29, 0.717) is 10.8 Å². The summed E-state index contributed by atoms with van der Waals surface area (Å²) in [7, 11) is -3.81. The molecule has 1 saturated heterocycles. The standard InChI is InChI=1S/C18H17Cl2FN2O4S/c19-15-5-2-6-16(18(15)20)27-12-17(24)22-7-9-23(10-8-22)28(25,26)14-4-1-3-13(21)11-14/h1-6,11H,7-10,12H2. The highest BCUT2D eigenvalue weighted by molar-refractivity contribution is 7.89. The lowest BCUT2D eigenvalue weighted by molar-refractivity contribution is -0.134. The van der Waals surface area contributed by atoms with Crippen molar-refractivity contribution < 1.29 is 22.3 Å². The zero-order valence-electron chi connectivity index (χ0n) is 14.6. The smallest absolute Gasteiger partial charge is 0.260 e. The van der Waals surface area contributed by atoms with Gasteiger partial charge in [-0.2, -0.15) is 4.31 Å². The number of halogens is 3. The van der Waals surface area contributed by atoms with Gasteiger partial charge < -0.3 is 9.64 Å². The molecule has 2 aromatic rings. The van der Waals surface area contributed by atoms with Crippen LogP contribution in [0.2, 0.25) is 10.0 Å². The zero-order chi connectivity index (χ0) is 20.3. The van der Waals surface area contributed by atoms with Crippen molar-refractivity contribution in [3.63, 3.8) is 0 Å². The lowest BCUT2D eigenvalue weighted by Crippen LogP contribution is -2.51. The van der Waals surface area contributed by atoms with Crippen molar-refractivity contribution in [2.24, 2.45) is 0 Å². The fraction of sp³-hybridized carbons (Fsp3) is 0.278. The molecule has 1 aliphatic rings. The van der Waals surface area contributed by atoms with E-state index in [-0.39, 0.29) is 48.6 Å². The molecule has 1 aliphatic heterocycles. The maximum Gasteiger partial charge on any atom is 0.260 e. The largest absolute Gasteiger partial charge is 0.482 e. The van der Waals surface area contributed by atoms with Gasteiger partial charge in [-0.05, 0) is 30.3 Å². The summed E-state index contributed by atoms with van der Waals surface area (Å²) < 4.78 is 45.2. The number of benzene rings is 2. The molecule has 2 aromatic carbocycles. The second kappa shape index (κ2) is 8.65. The van der Waals surface area contributed by atoms with E-state index in [4.69, 9.17) is 27.9 Å². The number of carbonyl (C=O) groups is 1. The highest BCUT2D eigenvalue weighted by Gasteiger charge is 2.30. The van der Waals surface area contributed by atoms with Gasteiger partial charge in [-0.25, -0.2) is 12.8 Å². The molecule has 0 N–H and O–H groups in total. The van der Waals surface area contributed by atoms with Crippen LogP contribution >= 0.6 is 23.2 Å². The number of amides is 1. The normalized spacial score (nSPS) is 15.5. The first-order chi connectivity index (χ1) is 13.3. The molecule has 1 heterocycles. The lowest BCUT2D eigenvalue weighted by atomic mass is 10.3. The van der Waals surface area contributed by atoms with Gasteiger partial charge in [0.15, 0.2) is 6.61 Å². The molecule has 1 fully saturated rings. The number of sulfonamides is 1. The summed E-state index contributed by atoms with van der Waals surface area (Å²) >= 11 is 11.9. The van der Waals surface area contributed by atoms with Crippen molar-refractivity contribution in [1.82, 2.24) is 9.21 Å². The molecule has 0 aliphatic carbocycles. The van der Waals surface area contributed by atoms with Crippen LogP contribution in [-0.4, -0.2) is 56.3 Å². The van der Waals surface area contributed by atoms with Crippen LogP contribution in [0.25, 0.3) is 0 Å². The maximum absolute atomic E-state index is 13.3. The molecule has 1 amide bonds. The Morgan fingerprint density at radius 2 is 1.75 bits per heavy atom. The van der Waals surface area contributed by atoms with Crippen LogP contribution in [-0.2, 0) is 14.8 Å². The van der Waals surface area contributed by atoms with E-state index in [2.05, 4.69) is 0 Å². The number of piperazine rings is 1. The molecule has 0 atom stereocenters. The van der Waals surface area contributed by atoms with Gasteiger partial charge in [0.25, 0.3) is 5.91 Å². The van der Waals surface area contributed by atoms with E-state index < -0.39 is 15.8 Å². The molecule has 0 spiro atoms. The van der Waals surface area contributed by atoms with Crippen LogP contribution in [0.4, 0.5) is 4.39 Å². The molecule has 0 bridgehead atoms. The van der Waals surface area contributed by atoms with Crippen molar-refractivity contribution >= 4 is 39.1 Å². The summed E-state index contributed by atoms with van der Waals surface area (Å²) in [5.74, 6) is -0.611. The number of hydrogen-bond donors (Lipinski definition) is 0. The third-order valence-corrected chi connectivity index (χ3v) is 6.99. The first kappa shape index (κ1) is 20.9. The van der Waals surface area contributed by atoms with Gasteiger partial charge in [0.1, 0.15) is 16.6 Å². The second-order valence-corrected chi connectivity index (χ2v) is 8.81. The molecule has 3 rings (SSSR count). The molecule has 0 aromatic heterocycles. The topological polar surface area (TPSA) is 66.9 Å². The summed E-state index contributed by atoms with van der Waals surface area (Å²) in [6.07, 6.45) is 0. The van der Waals surface area contributed by atoms with Crippen LogP contribution in [0.3, 0.4) is 0 Å². The first-order valence-electron chi connectivity index (χ1n) is 8.39. The Morgan fingerprint density at radius 3 is 2.43 bits per heavy atom. The van der Waals surface area contributed by atoms with Crippen LogP contribution in [0.5, 0.6) is 5.75 Å².